The van der Waals surface area contributed by atoms with Crippen LogP contribution in [0.15, 0.2) is 48.5 Å². The minimum Gasteiger partial charge on any atom is -0.496 e. The van der Waals surface area contributed by atoms with Crippen LogP contribution in [0.3, 0.4) is 0 Å². The van der Waals surface area contributed by atoms with Crippen LogP contribution in [0, 0.1) is 0 Å². The summed E-state index contributed by atoms with van der Waals surface area (Å²) in [5.74, 6) is -0.562. The highest BCUT2D eigenvalue weighted by atomic mass is 16.5. The largest absolute Gasteiger partial charge is 0.496 e. The normalized spacial score (nSPS) is 9.92. The van der Waals surface area contributed by atoms with Gasteiger partial charge in [-0.1, -0.05) is 18.2 Å². The van der Waals surface area contributed by atoms with Crippen LogP contribution in [0.4, 0.5) is 11.4 Å². The number of anilines is 2. The molecule has 0 atom stereocenters. The lowest BCUT2D eigenvalue weighted by atomic mass is 10.1. The average molecular weight is 356 g/mol. The maximum absolute atomic E-state index is 11.9. The Labute approximate surface area is 151 Å². The van der Waals surface area contributed by atoms with Gasteiger partial charge in [-0.15, -0.1) is 0 Å². The number of nitrogens with one attached hydrogen (secondary N) is 2. The number of hydrogen-bond donors (Lipinski definition) is 2. The van der Waals surface area contributed by atoms with E-state index in [4.69, 9.17) is 9.47 Å². The molecule has 0 saturated carbocycles. The molecule has 2 aromatic rings. The lowest BCUT2D eigenvalue weighted by Crippen LogP contribution is -2.21. The number of carbonyl (C=O) groups is 3. The first-order valence-corrected chi connectivity index (χ1v) is 7.93. The Balaban J connectivity index is 1.81. The van der Waals surface area contributed by atoms with Gasteiger partial charge in [0.2, 0.25) is 5.91 Å². The van der Waals surface area contributed by atoms with Crippen LogP contribution in [0.1, 0.15) is 12.5 Å². The monoisotopic (exact) mass is 356 g/mol. The van der Waals surface area contributed by atoms with E-state index in [-0.39, 0.29) is 18.9 Å². The second kappa shape index (κ2) is 9.22. The van der Waals surface area contributed by atoms with Crippen LogP contribution < -0.4 is 15.4 Å². The minimum absolute atomic E-state index is 0.0166. The van der Waals surface area contributed by atoms with E-state index in [9.17, 15) is 14.4 Å². The molecule has 7 heteroatoms. The van der Waals surface area contributed by atoms with Gasteiger partial charge < -0.3 is 20.1 Å². The standard InChI is InChI=1S/C19H20N2O5/c1-13(22)20-15-7-9-16(10-8-15)21-18(23)12-26-19(24)11-14-5-3-4-6-17(14)25-2/h3-10H,11-12H2,1-2H3,(H,20,22)(H,21,23). The molecule has 0 aliphatic rings. The summed E-state index contributed by atoms with van der Waals surface area (Å²) in [5, 5.41) is 5.24. The first-order valence-electron chi connectivity index (χ1n) is 7.93. The zero-order chi connectivity index (χ0) is 18.9. The predicted octanol–water partition coefficient (Wildman–Crippen LogP) is 2.38. The topological polar surface area (TPSA) is 93.7 Å². The number of amides is 2. The molecule has 2 aromatic carbocycles. The van der Waals surface area contributed by atoms with Crippen molar-refractivity contribution in [2.75, 3.05) is 24.4 Å². The fraction of sp³-hybridized carbons (Fsp3) is 0.211. The molecule has 0 unspecified atom stereocenters. The van der Waals surface area contributed by atoms with Crippen LogP contribution in [-0.2, 0) is 25.5 Å². The van der Waals surface area contributed by atoms with Crippen LogP contribution in [0.25, 0.3) is 0 Å². The molecule has 136 valence electrons. The molecule has 0 radical (unpaired) electrons. The molecule has 0 aliphatic carbocycles. The van der Waals surface area contributed by atoms with E-state index in [0.717, 1.165) is 0 Å². The fourth-order valence-electron chi connectivity index (χ4n) is 2.24. The number of carbonyl (C=O) groups excluding carboxylic acids is 3. The number of rotatable bonds is 7. The van der Waals surface area contributed by atoms with Crippen LogP contribution in [-0.4, -0.2) is 31.5 Å². The maximum Gasteiger partial charge on any atom is 0.310 e. The average Bonchev–Trinajstić information content (AvgIpc) is 2.62. The van der Waals surface area contributed by atoms with Crippen LogP contribution >= 0.6 is 0 Å². The summed E-state index contributed by atoms with van der Waals surface area (Å²) in [6.45, 7) is 1.02. The van der Waals surface area contributed by atoms with Gasteiger partial charge in [0.25, 0.3) is 5.91 Å². The van der Waals surface area contributed by atoms with Gasteiger partial charge in [-0.3, -0.25) is 14.4 Å². The van der Waals surface area contributed by atoms with E-state index in [1.165, 1.54) is 14.0 Å². The van der Waals surface area contributed by atoms with Crippen LogP contribution in [0.5, 0.6) is 5.75 Å². The first-order chi connectivity index (χ1) is 12.5. The molecule has 0 aromatic heterocycles. The summed E-state index contributed by atoms with van der Waals surface area (Å²) in [4.78, 5) is 34.7. The molecule has 0 heterocycles. The third-order valence-electron chi connectivity index (χ3n) is 3.38. The van der Waals surface area contributed by atoms with Gasteiger partial charge in [0.15, 0.2) is 6.61 Å². The Hall–Kier alpha value is -3.35. The number of para-hydroxylation sites is 1. The predicted molar refractivity (Wildman–Crippen MR) is 97.0 cm³/mol. The molecule has 2 N–H and O–H groups in total. The number of benzene rings is 2. The van der Waals surface area contributed by atoms with Crippen molar-refractivity contribution < 1.29 is 23.9 Å². The lowest BCUT2D eigenvalue weighted by molar-refractivity contribution is -0.146. The molecular formula is C19H20N2O5. The fourth-order valence-corrected chi connectivity index (χ4v) is 2.24. The zero-order valence-electron chi connectivity index (χ0n) is 14.6. The van der Waals surface area contributed by atoms with Crippen molar-refractivity contribution in [1.82, 2.24) is 0 Å². The summed E-state index contributed by atoms with van der Waals surface area (Å²) < 4.78 is 10.2. The molecule has 0 bridgehead atoms. The summed E-state index contributed by atoms with van der Waals surface area (Å²) in [7, 11) is 1.52. The smallest absolute Gasteiger partial charge is 0.310 e. The van der Waals surface area contributed by atoms with E-state index in [2.05, 4.69) is 10.6 Å². The van der Waals surface area contributed by atoms with Gasteiger partial charge in [0.1, 0.15) is 5.75 Å². The molecule has 0 spiro atoms. The highest BCUT2D eigenvalue weighted by Crippen LogP contribution is 2.18. The van der Waals surface area contributed by atoms with Crippen molar-refractivity contribution in [2.24, 2.45) is 0 Å². The molecule has 0 saturated heterocycles. The van der Waals surface area contributed by atoms with Gasteiger partial charge in [-0.2, -0.15) is 0 Å². The summed E-state index contributed by atoms with van der Waals surface area (Å²) in [6.07, 6.45) is 0.0166. The number of hydrogen-bond acceptors (Lipinski definition) is 5. The van der Waals surface area contributed by atoms with E-state index >= 15 is 0 Å². The van der Waals surface area contributed by atoms with E-state index in [1.54, 1.807) is 48.5 Å². The summed E-state index contributed by atoms with van der Waals surface area (Å²) >= 11 is 0. The number of methoxy groups -OCH3 is 1. The summed E-state index contributed by atoms with van der Waals surface area (Å²) in [5.41, 5.74) is 1.84. The van der Waals surface area contributed by atoms with Crippen LogP contribution in [0.2, 0.25) is 0 Å². The van der Waals surface area contributed by atoms with Gasteiger partial charge in [0.05, 0.1) is 13.5 Å². The Morgan fingerprint density at radius 1 is 0.923 bits per heavy atom. The molecular weight excluding hydrogens is 336 g/mol. The van der Waals surface area contributed by atoms with Gasteiger partial charge >= 0.3 is 5.97 Å². The highest BCUT2D eigenvalue weighted by molar-refractivity contribution is 5.93. The molecule has 2 amide bonds. The highest BCUT2D eigenvalue weighted by Gasteiger charge is 2.11. The van der Waals surface area contributed by atoms with Crippen molar-refractivity contribution in [3.05, 3.63) is 54.1 Å². The first kappa shape index (κ1) is 19.0. The molecule has 7 nitrogen and oxygen atoms in total. The van der Waals surface area contributed by atoms with Gasteiger partial charge in [-0.05, 0) is 30.3 Å². The van der Waals surface area contributed by atoms with E-state index in [0.29, 0.717) is 22.7 Å². The maximum atomic E-state index is 11.9. The zero-order valence-corrected chi connectivity index (χ0v) is 14.6. The SMILES string of the molecule is COc1ccccc1CC(=O)OCC(=O)Nc1ccc(NC(C)=O)cc1. The molecule has 2 rings (SSSR count). The Morgan fingerprint density at radius 2 is 1.54 bits per heavy atom. The quantitative estimate of drug-likeness (QED) is 0.743. The van der Waals surface area contributed by atoms with Crippen molar-refractivity contribution in [2.45, 2.75) is 13.3 Å². The number of ether oxygens (including phenoxy) is 2. The summed E-state index contributed by atoms with van der Waals surface area (Å²) in [6, 6.07) is 13.7. The van der Waals surface area contributed by atoms with Crippen molar-refractivity contribution >= 4 is 29.2 Å². The Bertz CT molecular complexity index is 787. The van der Waals surface area contributed by atoms with E-state index < -0.39 is 11.9 Å². The molecule has 0 fully saturated rings. The second-order valence-electron chi connectivity index (χ2n) is 5.46. The minimum atomic E-state index is -0.523. The third kappa shape index (κ3) is 5.94. The van der Waals surface area contributed by atoms with Crippen molar-refractivity contribution in [3.63, 3.8) is 0 Å². The second-order valence-corrected chi connectivity index (χ2v) is 5.46. The molecule has 26 heavy (non-hydrogen) atoms. The lowest BCUT2D eigenvalue weighted by Gasteiger charge is -2.09. The Morgan fingerprint density at radius 3 is 2.15 bits per heavy atom. The van der Waals surface area contributed by atoms with Gasteiger partial charge in [-0.25, -0.2) is 0 Å². The van der Waals surface area contributed by atoms with Crippen molar-refractivity contribution in [1.29, 1.82) is 0 Å². The third-order valence-corrected chi connectivity index (χ3v) is 3.38. The van der Waals surface area contributed by atoms with Crippen molar-refractivity contribution in [3.8, 4) is 5.75 Å². The number of esters is 1. The Kier molecular flexibility index (Phi) is 6.73. The van der Waals surface area contributed by atoms with Gasteiger partial charge in [0, 0.05) is 23.9 Å². The molecule has 0 aliphatic heterocycles. The van der Waals surface area contributed by atoms with E-state index in [1.807, 2.05) is 0 Å².